The molecule has 0 spiro atoms. The molecule has 0 aliphatic carbocycles. The highest BCUT2D eigenvalue weighted by Crippen LogP contribution is 2.17. The molecule has 1 aromatic rings. The second-order valence-electron chi connectivity index (χ2n) is 6.01. The van der Waals surface area contributed by atoms with Gasteiger partial charge in [0.25, 0.3) is 0 Å². The van der Waals surface area contributed by atoms with E-state index >= 15 is 0 Å². The SMILES string of the molecule is Cc1ccc(C[C@@H](C)NS(=O)(=O)C2CCOCC2)c(C)c1. The Hall–Kier alpha value is -0.910. The van der Waals surface area contributed by atoms with Gasteiger partial charge in [0.15, 0.2) is 0 Å². The molecule has 1 aliphatic rings. The summed E-state index contributed by atoms with van der Waals surface area (Å²) in [4.78, 5) is 0. The van der Waals surface area contributed by atoms with Crippen molar-refractivity contribution in [1.29, 1.82) is 0 Å². The van der Waals surface area contributed by atoms with E-state index in [1.807, 2.05) is 6.92 Å². The van der Waals surface area contributed by atoms with E-state index in [1.54, 1.807) is 0 Å². The lowest BCUT2D eigenvalue weighted by atomic mass is 10.0. The molecule has 1 atom stereocenters. The van der Waals surface area contributed by atoms with Crippen molar-refractivity contribution in [3.63, 3.8) is 0 Å². The third-order valence-corrected chi connectivity index (χ3v) is 6.08. The van der Waals surface area contributed by atoms with Crippen LogP contribution >= 0.6 is 0 Å². The van der Waals surface area contributed by atoms with Gasteiger partial charge in [0.05, 0.1) is 5.25 Å². The third kappa shape index (κ3) is 4.53. The number of ether oxygens (including phenoxy) is 1. The first-order chi connectivity index (χ1) is 9.88. The highest BCUT2D eigenvalue weighted by Gasteiger charge is 2.28. The van der Waals surface area contributed by atoms with Crippen LogP contribution in [0.1, 0.15) is 36.5 Å². The lowest BCUT2D eigenvalue weighted by Gasteiger charge is -2.24. The largest absolute Gasteiger partial charge is 0.381 e. The predicted octanol–water partition coefficient (Wildman–Crippen LogP) is 2.33. The van der Waals surface area contributed by atoms with Gasteiger partial charge in [0.2, 0.25) is 10.0 Å². The molecule has 0 aromatic heterocycles. The van der Waals surface area contributed by atoms with Crippen LogP contribution in [-0.2, 0) is 21.2 Å². The predicted molar refractivity (Wildman–Crippen MR) is 85.0 cm³/mol. The maximum Gasteiger partial charge on any atom is 0.214 e. The quantitative estimate of drug-likeness (QED) is 0.908. The van der Waals surface area contributed by atoms with Gasteiger partial charge in [-0.1, -0.05) is 23.8 Å². The monoisotopic (exact) mass is 311 g/mol. The van der Waals surface area contributed by atoms with Crippen LogP contribution in [0.25, 0.3) is 0 Å². The molecule has 1 aromatic carbocycles. The van der Waals surface area contributed by atoms with E-state index < -0.39 is 10.0 Å². The molecule has 21 heavy (non-hydrogen) atoms. The number of nitrogens with one attached hydrogen (secondary N) is 1. The van der Waals surface area contributed by atoms with E-state index in [4.69, 9.17) is 4.74 Å². The van der Waals surface area contributed by atoms with Crippen molar-refractivity contribution in [2.45, 2.75) is 51.3 Å². The van der Waals surface area contributed by atoms with Crippen molar-refractivity contribution in [2.75, 3.05) is 13.2 Å². The minimum absolute atomic E-state index is 0.0979. The molecule has 1 aliphatic heterocycles. The van der Waals surface area contributed by atoms with Crippen LogP contribution < -0.4 is 4.72 Å². The number of hydrogen-bond acceptors (Lipinski definition) is 3. The summed E-state index contributed by atoms with van der Waals surface area (Å²) in [5.74, 6) is 0. The zero-order valence-corrected chi connectivity index (χ0v) is 13.9. The van der Waals surface area contributed by atoms with Crippen LogP contribution in [0.2, 0.25) is 0 Å². The molecule has 1 saturated heterocycles. The number of aryl methyl sites for hydroxylation is 2. The van der Waals surface area contributed by atoms with Gasteiger partial charge in [-0.3, -0.25) is 0 Å². The van der Waals surface area contributed by atoms with E-state index in [1.165, 1.54) is 16.7 Å². The van der Waals surface area contributed by atoms with Gasteiger partial charge in [0.1, 0.15) is 0 Å². The van der Waals surface area contributed by atoms with Gasteiger partial charge in [-0.15, -0.1) is 0 Å². The summed E-state index contributed by atoms with van der Waals surface area (Å²) in [6.45, 7) is 7.14. The topological polar surface area (TPSA) is 55.4 Å². The zero-order valence-electron chi connectivity index (χ0n) is 13.1. The highest BCUT2D eigenvalue weighted by atomic mass is 32.2. The highest BCUT2D eigenvalue weighted by molar-refractivity contribution is 7.90. The van der Waals surface area contributed by atoms with Gasteiger partial charge < -0.3 is 4.74 Å². The van der Waals surface area contributed by atoms with Crippen LogP contribution in [0.5, 0.6) is 0 Å². The number of hydrogen-bond donors (Lipinski definition) is 1. The van der Waals surface area contributed by atoms with Crippen molar-refractivity contribution in [1.82, 2.24) is 4.72 Å². The van der Waals surface area contributed by atoms with Crippen molar-refractivity contribution < 1.29 is 13.2 Å². The number of benzene rings is 1. The molecule has 118 valence electrons. The minimum Gasteiger partial charge on any atom is -0.381 e. The lowest BCUT2D eigenvalue weighted by Crippen LogP contribution is -2.42. The summed E-state index contributed by atoms with van der Waals surface area (Å²) in [6, 6.07) is 6.19. The zero-order chi connectivity index (χ0) is 15.5. The van der Waals surface area contributed by atoms with Crippen molar-refractivity contribution in [3.05, 3.63) is 34.9 Å². The van der Waals surface area contributed by atoms with Gasteiger partial charge in [-0.25, -0.2) is 13.1 Å². The molecular formula is C16H25NO3S. The Morgan fingerprint density at radius 2 is 1.95 bits per heavy atom. The van der Waals surface area contributed by atoms with Crippen LogP contribution in [0.3, 0.4) is 0 Å². The van der Waals surface area contributed by atoms with Crippen LogP contribution in [0.4, 0.5) is 0 Å². The van der Waals surface area contributed by atoms with E-state index in [9.17, 15) is 8.42 Å². The van der Waals surface area contributed by atoms with E-state index in [-0.39, 0.29) is 11.3 Å². The second-order valence-corrected chi connectivity index (χ2v) is 8.00. The fraction of sp³-hybridized carbons (Fsp3) is 0.625. The molecule has 0 saturated carbocycles. The third-order valence-electron chi connectivity index (χ3n) is 4.00. The first kappa shape index (κ1) is 16.5. The van der Waals surface area contributed by atoms with Crippen LogP contribution in [-0.4, -0.2) is 32.9 Å². The van der Waals surface area contributed by atoms with Crippen LogP contribution in [0.15, 0.2) is 18.2 Å². The summed E-state index contributed by atoms with van der Waals surface area (Å²) in [5, 5.41) is -0.312. The Balaban J connectivity index is 1.98. The average molecular weight is 311 g/mol. The first-order valence-corrected chi connectivity index (χ1v) is 9.08. The summed E-state index contributed by atoms with van der Waals surface area (Å²) in [7, 11) is -3.25. The van der Waals surface area contributed by atoms with Crippen molar-refractivity contribution in [2.24, 2.45) is 0 Å². The van der Waals surface area contributed by atoms with Crippen LogP contribution in [0, 0.1) is 13.8 Å². The van der Waals surface area contributed by atoms with Gasteiger partial charge >= 0.3 is 0 Å². The summed E-state index contributed by atoms with van der Waals surface area (Å²) in [5.41, 5.74) is 3.64. The molecule has 4 nitrogen and oxygen atoms in total. The Kier molecular flexibility index (Phi) is 5.41. The second kappa shape index (κ2) is 6.90. The fourth-order valence-corrected chi connectivity index (χ4v) is 4.46. The normalized spacial score (nSPS) is 18.6. The maximum atomic E-state index is 12.4. The minimum atomic E-state index is -3.25. The molecule has 1 heterocycles. The van der Waals surface area contributed by atoms with Gasteiger partial charge in [-0.05, 0) is 51.2 Å². The lowest BCUT2D eigenvalue weighted by molar-refractivity contribution is 0.0981. The standard InChI is InChI=1S/C16H25NO3S/c1-12-4-5-15(13(2)10-12)11-14(3)17-21(18,19)16-6-8-20-9-7-16/h4-5,10,14,16-17H,6-9,11H2,1-3H3/t14-/m1/s1. The molecule has 0 bridgehead atoms. The first-order valence-electron chi connectivity index (χ1n) is 7.53. The Labute approximate surface area is 127 Å². The van der Waals surface area contributed by atoms with Crippen molar-refractivity contribution >= 4 is 10.0 Å². The summed E-state index contributed by atoms with van der Waals surface area (Å²) in [6.07, 6.45) is 1.89. The molecular weight excluding hydrogens is 286 g/mol. The van der Waals surface area contributed by atoms with Gasteiger partial charge in [0, 0.05) is 19.3 Å². The molecule has 5 heteroatoms. The summed E-state index contributed by atoms with van der Waals surface area (Å²) < 4.78 is 32.8. The Bertz CT molecular complexity index is 577. The van der Waals surface area contributed by atoms with E-state index in [0.29, 0.717) is 32.5 Å². The van der Waals surface area contributed by atoms with E-state index in [2.05, 4.69) is 36.8 Å². The number of rotatable bonds is 5. The van der Waals surface area contributed by atoms with Gasteiger partial charge in [-0.2, -0.15) is 0 Å². The van der Waals surface area contributed by atoms with Crippen molar-refractivity contribution in [3.8, 4) is 0 Å². The molecule has 0 amide bonds. The summed E-state index contributed by atoms with van der Waals surface area (Å²) >= 11 is 0. The molecule has 2 rings (SSSR count). The fourth-order valence-electron chi connectivity index (χ4n) is 2.81. The average Bonchev–Trinajstić information content (AvgIpc) is 2.42. The Morgan fingerprint density at radius 3 is 2.57 bits per heavy atom. The van der Waals surface area contributed by atoms with E-state index in [0.717, 1.165) is 0 Å². The smallest absolute Gasteiger partial charge is 0.214 e. The Morgan fingerprint density at radius 1 is 1.29 bits per heavy atom. The molecule has 1 N–H and O–H groups in total. The molecule has 0 unspecified atom stereocenters. The molecule has 0 radical (unpaired) electrons. The maximum absolute atomic E-state index is 12.4. The number of sulfonamides is 1. The molecule has 1 fully saturated rings.